The molecule has 0 aromatic heterocycles. The van der Waals surface area contributed by atoms with Crippen molar-refractivity contribution in [3.05, 3.63) is 0 Å². The molecule has 1 fully saturated rings. The van der Waals surface area contributed by atoms with Crippen LogP contribution in [0, 0.1) is 5.92 Å². The first kappa shape index (κ1) is 13.7. The van der Waals surface area contributed by atoms with Gasteiger partial charge in [0.15, 0.2) is 5.92 Å². The summed E-state index contributed by atoms with van der Waals surface area (Å²) < 4.78 is 37.0. The van der Waals surface area contributed by atoms with Gasteiger partial charge in [-0.1, -0.05) is 19.3 Å². The number of carboxylic acid groups (broad SMARTS) is 1. The number of hydrogen-bond acceptors (Lipinski definition) is 2. The summed E-state index contributed by atoms with van der Waals surface area (Å²) in [6.45, 7) is 0. The van der Waals surface area contributed by atoms with E-state index in [2.05, 4.69) is 0 Å². The van der Waals surface area contributed by atoms with Crippen LogP contribution in [0.1, 0.15) is 32.1 Å². The highest BCUT2D eigenvalue weighted by Crippen LogP contribution is 2.34. The van der Waals surface area contributed by atoms with Crippen LogP contribution < -0.4 is 0 Å². The second-order valence-electron chi connectivity index (χ2n) is 4.03. The summed E-state index contributed by atoms with van der Waals surface area (Å²) in [6, 6.07) is 0. The predicted octanol–water partition coefficient (Wildman–Crippen LogP) is 3.32. The summed E-state index contributed by atoms with van der Waals surface area (Å²) in [5.41, 5.74) is 0. The molecule has 1 atom stereocenters. The Bertz CT molecular complexity index is 237. The van der Waals surface area contributed by atoms with Gasteiger partial charge in [0, 0.05) is 11.0 Å². The van der Waals surface area contributed by atoms with E-state index in [-0.39, 0.29) is 11.0 Å². The lowest BCUT2D eigenvalue weighted by molar-refractivity contribution is -0.188. The Hall–Kier alpha value is -0.390. The van der Waals surface area contributed by atoms with E-state index < -0.39 is 18.1 Å². The number of carboxylic acids is 1. The van der Waals surface area contributed by atoms with Gasteiger partial charge >= 0.3 is 12.1 Å². The quantitative estimate of drug-likeness (QED) is 0.838. The topological polar surface area (TPSA) is 37.3 Å². The third-order valence-corrected chi connectivity index (χ3v) is 4.21. The Morgan fingerprint density at radius 2 is 1.88 bits per heavy atom. The Labute approximate surface area is 96.6 Å². The SMILES string of the molecule is O=C(O)C(CSC1CCCCC1)C(F)(F)F. The first-order chi connectivity index (χ1) is 7.41. The van der Waals surface area contributed by atoms with E-state index in [0.29, 0.717) is 0 Å². The van der Waals surface area contributed by atoms with E-state index in [9.17, 15) is 18.0 Å². The molecule has 0 radical (unpaired) electrons. The molecule has 1 aliphatic carbocycles. The lowest BCUT2D eigenvalue weighted by Gasteiger charge is -2.23. The zero-order chi connectivity index (χ0) is 12.2. The van der Waals surface area contributed by atoms with Gasteiger partial charge in [0.25, 0.3) is 0 Å². The van der Waals surface area contributed by atoms with Crippen LogP contribution in [-0.2, 0) is 4.79 Å². The van der Waals surface area contributed by atoms with Crippen LogP contribution in [0.25, 0.3) is 0 Å². The van der Waals surface area contributed by atoms with Crippen molar-refractivity contribution in [1.29, 1.82) is 0 Å². The molecule has 94 valence electrons. The number of rotatable bonds is 4. The van der Waals surface area contributed by atoms with Crippen LogP contribution >= 0.6 is 11.8 Å². The molecule has 0 bridgehead atoms. The zero-order valence-electron chi connectivity index (χ0n) is 8.79. The van der Waals surface area contributed by atoms with Crippen LogP contribution in [0.5, 0.6) is 0 Å². The Balaban J connectivity index is 2.40. The number of hydrogen-bond donors (Lipinski definition) is 1. The molecule has 0 spiro atoms. The smallest absolute Gasteiger partial charge is 0.403 e. The summed E-state index contributed by atoms with van der Waals surface area (Å²) >= 11 is 1.16. The van der Waals surface area contributed by atoms with Crippen molar-refractivity contribution in [3.8, 4) is 0 Å². The highest BCUT2D eigenvalue weighted by Gasteiger charge is 2.45. The van der Waals surface area contributed by atoms with Crippen LogP contribution in [0.15, 0.2) is 0 Å². The monoisotopic (exact) mass is 256 g/mol. The molecule has 0 aliphatic heterocycles. The maximum atomic E-state index is 12.3. The van der Waals surface area contributed by atoms with Crippen molar-refractivity contribution < 1.29 is 23.1 Å². The average Bonchev–Trinajstić information content (AvgIpc) is 2.17. The lowest BCUT2D eigenvalue weighted by Crippen LogP contribution is -2.33. The molecule has 6 heteroatoms. The molecule has 0 heterocycles. The van der Waals surface area contributed by atoms with Crippen LogP contribution in [0.2, 0.25) is 0 Å². The predicted molar refractivity (Wildman–Crippen MR) is 56.5 cm³/mol. The third kappa shape index (κ3) is 4.23. The highest BCUT2D eigenvalue weighted by atomic mass is 32.2. The van der Waals surface area contributed by atoms with Crippen molar-refractivity contribution in [2.45, 2.75) is 43.5 Å². The van der Waals surface area contributed by atoms with Crippen LogP contribution in [0.4, 0.5) is 13.2 Å². The highest BCUT2D eigenvalue weighted by molar-refractivity contribution is 7.99. The maximum absolute atomic E-state index is 12.3. The maximum Gasteiger partial charge on any atom is 0.403 e. The van der Waals surface area contributed by atoms with Crippen molar-refractivity contribution in [2.75, 3.05) is 5.75 Å². The molecular formula is C10H15F3O2S. The molecule has 1 saturated carbocycles. The van der Waals surface area contributed by atoms with Crippen LogP contribution in [0.3, 0.4) is 0 Å². The van der Waals surface area contributed by atoms with Gasteiger partial charge in [0.2, 0.25) is 0 Å². The minimum absolute atomic E-state index is 0.206. The lowest BCUT2D eigenvalue weighted by atomic mass is 10.0. The molecule has 2 nitrogen and oxygen atoms in total. The van der Waals surface area contributed by atoms with Gasteiger partial charge in [-0.25, -0.2) is 0 Å². The van der Waals surface area contributed by atoms with E-state index in [1.54, 1.807) is 0 Å². The van der Waals surface area contributed by atoms with E-state index in [4.69, 9.17) is 5.11 Å². The van der Waals surface area contributed by atoms with Gasteiger partial charge in [-0.2, -0.15) is 24.9 Å². The molecule has 0 aromatic carbocycles. The summed E-state index contributed by atoms with van der Waals surface area (Å²) in [5.74, 6) is -4.35. The third-order valence-electron chi connectivity index (χ3n) is 2.74. The summed E-state index contributed by atoms with van der Waals surface area (Å²) in [5, 5.41) is 8.71. The normalized spacial score (nSPS) is 20.7. The molecule has 1 unspecified atom stereocenters. The van der Waals surface area contributed by atoms with Gasteiger partial charge in [-0.05, 0) is 12.8 Å². The number of alkyl halides is 3. The molecule has 0 saturated heterocycles. The Kier molecular flexibility index (Phi) is 4.95. The standard InChI is InChI=1S/C10H15F3O2S/c11-10(12,13)8(9(14)15)6-16-7-4-2-1-3-5-7/h7-8H,1-6H2,(H,14,15). The van der Waals surface area contributed by atoms with E-state index in [1.807, 2.05) is 0 Å². The van der Waals surface area contributed by atoms with Crippen molar-refractivity contribution in [3.63, 3.8) is 0 Å². The molecule has 1 N–H and O–H groups in total. The Morgan fingerprint density at radius 3 is 2.31 bits per heavy atom. The molecule has 1 aliphatic rings. The molecule has 0 amide bonds. The minimum atomic E-state index is -4.63. The number of thioether (sulfide) groups is 1. The molecule has 1 rings (SSSR count). The summed E-state index contributed by atoms with van der Waals surface area (Å²) in [7, 11) is 0. The van der Waals surface area contributed by atoms with Crippen molar-refractivity contribution in [1.82, 2.24) is 0 Å². The molecule has 0 aromatic rings. The largest absolute Gasteiger partial charge is 0.481 e. The van der Waals surface area contributed by atoms with E-state index in [1.165, 1.54) is 0 Å². The Morgan fingerprint density at radius 1 is 1.31 bits per heavy atom. The van der Waals surface area contributed by atoms with Crippen molar-refractivity contribution >= 4 is 17.7 Å². The average molecular weight is 256 g/mol. The first-order valence-corrected chi connectivity index (χ1v) is 6.37. The second-order valence-corrected chi connectivity index (χ2v) is 5.36. The number of aliphatic carboxylic acids is 1. The zero-order valence-corrected chi connectivity index (χ0v) is 9.61. The first-order valence-electron chi connectivity index (χ1n) is 5.32. The van der Waals surface area contributed by atoms with E-state index >= 15 is 0 Å². The fourth-order valence-corrected chi connectivity index (χ4v) is 3.23. The fraction of sp³-hybridized carbons (Fsp3) is 0.900. The molecular weight excluding hydrogens is 241 g/mol. The van der Waals surface area contributed by atoms with Gasteiger partial charge < -0.3 is 5.11 Å². The minimum Gasteiger partial charge on any atom is -0.481 e. The van der Waals surface area contributed by atoms with Gasteiger partial charge in [-0.15, -0.1) is 0 Å². The summed E-state index contributed by atoms with van der Waals surface area (Å²) in [4.78, 5) is 10.5. The molecule has 16 heavy (non-hydrogen) atoms. The van der Waals surface area contributed by atoms with Gasteiger partial charge in [-0.3, -0.25) is 4.79 Å². The fourth-order valence-electron chi connectivity index (χ4n) is 1.77. The van der Waals surface area contributed by atoms with Gasteiger partial charge in [0.05, 0.1) is 0 Å². The second kappa shape index (κ2) is 5.80. The summed E-state index contributed by atoms with van der Waals surface area (Å²) in [6.07, 6.45) is 0.415. The number of halogens is 3. The van der Waals surface area contributed by atoms with Gasteiger partial charge in [0.1, 0.15) is 0 Å². The number of carbonyl (C=O) groups is 1. The van der Waals surface area contributed by atoms with E-state index in [0.717, 1.165) is 43.9 Å². The van der Waals surface area contributed by atoms with Crippen LogP contribution in [-0.4, -0.2) is 28.3 Å². The van der Waals surface area contributed by atoms with Crippen molar-refractivity contribution in [2.24, 2.45) is 5.92 Å².